The van der Waals surface area contributed by atoms with Crippen LogP contribution in [0.1, 0.15) is 20.3 Å². The van der Waals surface area contributed by atoms with Crippen molar-refractivity contribution in [2.24, 2.45) is 5.92 Å². The van der Waals surface area contributed by atoms with E-state index in [9.17, 15) is 0 Å². The van der Waals surface area contributed by atoms with Crippen LogP contribution in [0.15, 0.2) is 22.6 Å². The van der Waals surface area contributed by atoms with E-state index in [0.29, 0.717) is 17.6 Å². The molecule has 0 saturated heterocycles. The molecule has 0 aliphatic heterocycles. The van der Waals surface area contributed by atoms with E-state index >= 15 is 0 Å². The molecule has 0 atom stereocenters. The molecule has 0 saturated carbocycles. The summed E-state index contributed by atoms with van der Waals surface area (Å²) in [5.41, 5.74) is 8.02. The Morgan fingerprint density at radius 2 is 2.18 bits per heavy atom. The molecule has 1 heterocycles. The molecule has 2 rings (SSSR count). The Morgan fingerprint density at radius 3 is 2.88 bits per heavy atom. The summed E-state index contributed by atoms with van der Waals surface area (Å²) >= 11 is 0. The highest BCUT2D eigenvalue weighted by atomic mass is 16.4. The van der Waals surface area contributed by atoms with Crippen molar-refractivity contribution in [2.45, 2.75) is 20.3 Å². The molecule has 0 spiro atoms. The van der Waals surface area contributed by atoms with E-state index in [-0.39, 0.29) is 0 Å². The molecule has 92 valence electrons. The van der Waals surface area contributed by atoms with E-state index in [1.807, 2.05) is 30.1 Å². The molecule has 0 aliphatic rings. The number of hydrogen-bond acceptors (Lipinski definition) is 4. The molecule has 1 aromatic heterocycles. The van der Waals surface area contributed by atoms with Crippen molar-refractivity contribution < 1.29 is 4.42 Å². The molecule has 4 heteroatoms. The monoisotopic (exact) mass is 233 g/mol. The van der Waals surface area contributed by atoms with Crippen molar-refractivity contribution in [2.75, 3.05) is 24.2 Å². The van der Waals surface area contributed by atoms with Crippen molar-refractivity contribution in [3.05, 3.63) is 18.2 Å². The first-order chi connectivity index (χ1) is 8.06. The molecule has 0 aliphatic carbocycles. The third kappa shape index (κ3) is 2.70. The molecular formula is C13H19N3O. The SMILES string of the molecule is CC(C)CCN(C)c1nc2cc(N)ccc2o1. The first-order valence-electron chi connectivity index (χ1n) is 5.93. The first-order valence-corrected chi connectivity index (χ1v) is 5.93. The van der Waals surface area contributed by atoms with Crippen LogP contribution in [-0.4, -0.2) is 18.6 Å². The predicted octanol–water partition coefficient (Wildman–Crippen LogP) is 2.89. The van der Waals surface area contributed by atoms with Crippen molar-refractivity contribution in [1.82, 2.24) is 4.98 Å². The van der Waals surface area contributed by atoms with Crippen LogP contribution in [0, 0.1) is 5.92 Å². The summed E-state index contributed by atoms with van der Waals surface area (Å²) in [4.78, 5) is 6.47. The third-order valence-corrected chi connectivity index (χ3v) is 2.77. The first kappa shape index (κ1) is 11.8. The summed E-state index contributed by atoms with van der Waals surface area (Å²) in [7, 11) is 2.00. The van der Waals surface area contributed by atoms with Gasteiger partial charge in [0, 0.05) is 19.3 Å². The Kier molecular flexibility index (Phi) is 3.22. The van der Waals surface area contributed by atoms with E-state index in [1.165, 1.54) is 0 Å². The van der Waals surface area contributed by atoms with Gasteiger partial charge in [0.2, 0.25) is 0 Å². The van der Waals surface area contributed by atoms with Gasteiger partial charge in [-0.15, -0.1) is 0 Å². The predicted molar refractivity (Wildman–Crippen MR) is 71.1 cm³/mol. The van der Waals surface area contributed by atoms with Gasteiger partial charge in [-0.2, -0.15) is 4.98 Å². The fraction of sp³-hybridized carbons (Fsp3) is 0.462. The number of fused-ring (bicyclic) bond motifs is 1. The maximum absolute atomic E-state index is 5.71. The summed E-state index contributed by atoms with van der Waals surface area (Å²) in [5.74, 6) is 0.678. The zero-order valence-corrected chi connectivity index (χ0v) is 10.6. The van der Waals surface area contributed by atoms with Gasteiger partial charge in [0.1, 0.15) is 5.52 Å². The summed E-state index contributed by atoms with van der Waals surface area (Å²) < 4.78 is 5.68. The van der Waals surface area contributed by atoms with E-state index in [1.54, 1.807) is 0 Å². The lowest BCUT2D eigenvalue weighted by molar-refractivity contribution is 0.542. The molecular weight excluding hydrogens is 214 g/mol. The molecule has 0 bridgehead atoms. The Bertz CT molecular complexity index is 504. The molecule has 0 radical (unpaired) electrons. The normalized spacial score (nSPS) is 11.3. The van der Waals surface area contributed by atoms with Crippen molar-refractivity contribution >= 4 is 22.8 Å². The van der Waals surface area contributed by atoms with Gasteiger partial charge in [-0.1, -0.05) is 13.8 Å². The summed E-state index contributed by atoms with van der Waals surface area (Å²) in [6, 6.07) is 6.17. The number of anilines is 2. The third-order valence-electron chi connectivity index (χ3n) is 2.77. The van der Waals surface area contributed by atoms with E-state index in [2.05, 4.69) is 18.8 Å². The minimum Gasteiger partial charge on any atom is -0.423 e. The molecule has 0 amide bonds. The molecule has 0 unspecified atom stereocenters. The van der Waals surface area contributed by atoms with Gasteiger partial charge >= 0.3 is 0 Å². The number of aromatic nitrogens is 1. The molecule has 2 aromatic rings. The van der Waals surface area contributed by atoms with Gasteiger partial charge in [0.25, 0.3) is 6.01 Å². The number of nitrogen functional groups attached to an aromatic ring is 1. The lowest BCUT2D eigenvalue weighted by Crippen LogP contribution is -2.19. The molecule has 2 N–H and O–H groups in total. The number of benzene rings is 1. The second-order valence-electron chi connectivity index (χ2n) is 4.83. The van der Waals surface area contributed by atoms with Gasteiger partial charge in [0.15, 0.2) is 5.58 Å². The lowest BCUT2D eigenvalue weighted by Gasteiger charge is -2.15. The van der Waals surface area contributed by atoms with Gasteiger partial charge in [-0.05, 0) is 30.5 Å². The van der Waals surface area contributed by atoms with Crippen molar-refractivity contribution in [3.63, 3.8) is 0 Å². The maximum atomic E-state index is 5.71. The molecule has 17 heavy (non-hydrogen) atoms. The highest BCUT2D eigenvalue weighted by Gasteiger charge is 2.10. The largest absolute Gasteiger partial charge is 0.423 e. The number of nitrogens with two attached hydrogens (primary N) is 1. The van der Waals surface area contributed by atoms with Gasteiger partial charge in [-0.25, -0.2) is 0 Å². The Balaban J connectivity index is 2.18. The Labute approximate surface area is 101 Å². The number of nitrogens with zero attached hydrogens (tertiary/aromatic N) is 2. The Hall–Kier alpha value is -1.71. The van der Waals surface area contributed by atoms with Crippen LogP contribution in [0.2, 0.25) is 0 Å². The summed E-state index contributed by atoms with van der Waals surface area (Å²) in [6.07, 6.45) is 1.12. The van der Waals surface area contributed by atoms with Crippen LogP contribution in [0.3, 0.4) is 0 Å². The van der Waals surface area contributed by atoms with Crippen LogP contribution >= 0.6 is 0 Å². The zero-order chi connectivity index (χ0) is 12.4. The van der Waals surface area contributed by atoms with E-state index in [4.69, 9.17) is 10.2 Å². The van der Waals surface area contributed by atoms with Crippen LogP contribution in [0.5, 0.6) is 0 Å². The minimum absolute atomic E-state index is 0.659. The van der Waals surface area contributed by atoms with Crippen LogP contribution in [-0.2, 0) is 0 Å². The quantitative estimate of drug-likeness (QED) is 0.825. The van der Waals surface area contributed by atoms with Crippen molar-refractivity contribution in [1.29, 1.82) is 0 Å². The van der Waals surface area contributed by atoms with E-state index in [0.717, 1.165) is 24.1 Å². The number of oxazole rings is 1. The standard InChI is InChI=1S/C13H19N3O/c1-9(2)6-7-16(3)13-15-11-8-10(14)4-5-12(11)17-13/h4-5,8-9H,6-7,14H2,1-3H3. The van der Waals surface area contributed by atoms with Gasteiger partial charge in [-0.3, -0.25) is 0 Å². The summed E-state index contributed by atoms with van der Waals surface area (Å²) in [5, 5.41) is 0. The van der Waals surface area contributed by atoms with Crippen molar-refractivity contribution in [3.8, 4) is 0 Å². The fourth-order valence-electron chi connectivity index (χ4n) is 1.64. The smallest absolute Gasteiger partial charge is 0.298 e. The Morgan fingerprint density at radius 1 is 1.41 bits per heavy atom. The number of rotatable bonds is 4. The van der Waals surface area contributed by atoms with Gasteiger partial charge in [0.05, 0.1) is 0 Å². The minimum atomic E-state index is 0.659. The topological polar surface area (TPSA) is 55.3 Å². The highest BCUT2D eigenvalue weighted by Crippen LogP contribution is 2.23. The molecule has 0 fully saturated rings. The lowest BCUT2D eigenvalue weighted by atomic mass is 10.1. The fourth-order valence-corrected chi connectivity index (χ4v) is 1.64. The highest BCUT2D eigenvalue weighted by molar-refractivity contribution is 5.78. The number of hydrogen-bond donors (Lipinski definition) is 1. The van der Waals surface area contributed by atoms with Crippen LogP contribution in [0.25, 0.3) is 11.1 Å². The second kappa shape index (κ2) is 4.65. The maximum Gasteiger partial charge on any atom is 0.298 e. The van der Waals surface area contributed by atoms with Crippen LogP contribution in [0.4, 0.5) is 11.7 Å². The summed E-state index contributed by atoms with van der Waals surface area (Å²) in [6.45, 7) is 5.36. The van der Waals surface area contributed by atoms with Crippen LogP contribution < -0.4 is 10.6 Å². The second-order valence-corrected chi connectivity index (χ2v) is 4.83. The average Bonchev–Trinajstić information content (AvgIpc) is 2.68. The van der Waals surface area contributed by atoms with E-state index < -0.39 is 0 Å². The van der Waals surface area contributed by atoms with Gasteiger partial charge < -0.3 is 15.1 Å². The molecule has 4 nitrogen and oxygen atoms in total. The molecule has 1 aromatic carbocycles. The average molecular weight is 233 g/mol. The zero-order valence-electron chi connectivity index (χ0n) is 10.6.